The fourth-order valence-electron chi connectivity index (χ4n) is 5.66. The summed E-state index contributed by atoms with van der Waals surface area (Å²) in [5.74, 6) is -3.03. The Morgan fingerprint density at radius 1 is 0.682 bits per heavy atom. The summed E-state index contributed by atoms with van der Waals surface area (Å²) in [5.41, 5.74) is -5.35. The van der Waals surface area contributed by atoms with Gasteiger partial charge >= 0.3 is 17.9 Å². The van der Waals surface area contributed by atoms with Gasteiger partial charge in [-0.1, -0.05) is 33.6 Å². The molecule has 0 radical (unpaired) electrons. The maximum Gasteiger partial charge on any atom is 0.313 e. The van der Waals surface area contributed by atoms with Gasteiger partial charge in [-0.2, -0.15) is 0 Å². The number of nitrogens with one attached hydrogen (secondary N) is 1. The van der Waals surface area contributed by atoms with E-state index in [0.29, 0.717) is 39.0 Å². The normalized spacial score (nSPS) is 16.0. The van der Waals surface area contributed by atoms with E-state index in [4.69, 9.17) is 23.7 Å². The summed E-state index contributed by atoms with van der Waals surface area (Å²) >= 11 is 0. The van der Waals surface area contributed by atoms with Crippen LogP contribution in [0.3, 0.4) is 0 Å². The highest BCUT2D eigenvalue weighted by atomic mass is 16.7. The van der Waals surface area contributed by atoms with E-state index in [1.54, 1.807) is 27.7 Å². The van der Waals surface area contributed by atoms with Crippen LogP contribution in [0.15, 0.2) is 0 Å². The predicted octanol–water partition coefficient (Wildman–Crippen LogP) is 2.73. The zero-order valence-electron chi connectivity index (χ0n) is 29.2. The Balaban J connectivity index is 6.47. The minimum Gasteiger partial charge on any atom is -0.550 e. The van der Waals surface area contributed by atoms with Gasteiger partial charge in [-0.3, -0.25) is 14.4 Å². The van der Waals surface area contributed by atoms with Crippen LogP contribution < -0.4 is 10.0 Å². The summed E-state index contributed by atoms with van der Waals surface area (Å²) in [7, 11) is 3.86. The third kappa shape index (κ3) is 13.8. The molecule has 0 heterocycles. The molecule has 1 N–H and O–H groups in total. The molecular formula is C33H61NO10. The second kappa shape index (κ2) is 20.0. The summed E-state index contributed by atoms with van der Waals surface area (Å²) in [6, 6.07) is 0. The first-order valence-corrected chi connectivity index (χ1v) is 16.2. The van der Waals surface area contributed by atoms with Crippen LogP contribution in [0.4, 0.5) is 0 Å². The van der Waals surface area contributed by atoms with Crippen molar-refractivity contribution in [3.05, 3.63) is 0 Å². The van der Waals surface area contributed by atoms with Crippen LogP contribution in [0.1, 0.15) is 107 Å². The SMILES string of the molecule is CCCCOC(=O)C(C)(C)CC(CCC)(CC(C)(CC(C)(CC)C(=O)OCOCCOCC)C(=O)OCC[NH+](C)C)C(=O)[O-]. The maximum absolute atomic E-state index is 13.9. The molecule has 0 aliphatic carbocycles. The lowest BCUT2D eigenvalue weighted by Gasteiger charge is -2.46. The molecule has 11 nitrogen and oxygen atoms in total. The van der Waals surface area contributed by atoms with Crippen LogP contribution in [0.25, 0.3) is 0 Å². The molecule has 0 amide bonds. The minimum absolute atomic E-state index is 0.0396. The Morgan fingerprint density at radius 3 is 1.80 bits per heavy atom. The highest BCUT2D eigenvalue weighted by Crippen LogP contribution is 2.51. The summed E-state index contributed by atoms with van der Waals surface area (Å²) in [6.45, 7) is 16.0. The molecule has 0 fully saturated rings. The van der Waals surface area contributed by atoms with Gasteiger partial charge in [0, 0.05) is 18.0 Å². The van der Waals surface area contributed by atoms with E-state index in [9.17, 15) is 24.3 Å². The molecular weight excluding hydrogens is 570 g/mol. The first-order valence-electron chi connectivity index (χ1n) is 16.2. The number of carbonyl (C=O) groups is 4. The number of unbranched alkanes of at least 4 members (excludes halogenated alkanes) is 1. The quantitative estimate of drug-likeness (QED) is 0.0692. The summed E-state index contributed by atoms with van der Waals surface area (Å²) < 4.78 is 27.2. The number of rotatable bonds is 25. The second-order valence-electron chi connectivity index (χ2n) is 13.4. The van der Waals surface area contributed by atoms with E-state index < -0.39 is 45.5 Å². The van der Waals surface area contributed by atoms with Crippen LogP contribution in [-0.4, -0.2) is 84.3 Å². The number of carboxylic acid groups (broad SMARTS) is 1. The zero-order chi connectivity index (χ0) is 34.0. The van der Waals surface area contributed by atoms with Crippen molar-refractivity contribution in [2.75, 3.05) is 60.5 Å². The lowest BCUT2D eigenvalue weighted by Crippen LogP contribution is -3.06. The van der Waals surface area contributed by atoms with Crippen molar-refractivity contribution in [1.29, 1.82) is 0 Å². The Morgan fingerprint density at radius 2 is 1.27 bits per heavy atom. The standard InChI is InChI=1S/C33H61NO10/c1-11-15-18-42-27(37)30(5,6)22-33(16-12-2,26(35)36)24-32(8,29(39)43-19-17-34(9)10)23-31(7,13-3)28(38)44-25-41-21-20-40-14-4/h11-25H2,1-10H3,(H,35,36). The van der Waals surface area contributed by atoms with Crippen LogP contribution in [0.2, 0.25) is 0 Å². The number of quaternary nitrogens is 1. The van der Waals surface area contributed by atoms with Gasteiger partial charge in [-0.05, 0) is 73.1 Å². The summed E-state index contributed by atoms with van der Waals surface area (Å²) in [4.78, 5) is 54.5. The number of esters is 3. The molecule has 0 saturated carbocycles. The smallest absolute Gasteiger partial charge is 0.313 e. The number of aliphatic carboxylic acids is 1. The van der Waals surface area contributed by atoms with E-state index in [2.05, 4.69) is 0 Å². The summed E-state index contributed by atoms with van der Waals surface area (Å²) in [5, 5.41) is 13.1. The molecule has 0 aromatic rings. The predicted molar refractivity (Wildman–Crippen MR) is 164 cm³/mol. The van der Waals surface area contributed by atoms with E-state index >= 15 is 0 Å². The number of carbonyl (C=O) groups excluding carboxylic acids is 4. The largest absolute Gasteiger partial charge is 0.550 e. The van der Waals surface area contributed by atoms with E-state index in [1.807, 2.05) is 41.8 Å². The average Bonchev–Trinajstić information content (AvgIpc) is 2.94. The van der Waals surface area contributed by atoms with E-state index in [-0.39, 0.29) is 52.3 Å². The molecule has 0 aromatic heterocycles. The average molecular weight is 632 g/mol. The molecule has 0 spiro atoms. The van der Waals surface area contributed by atoms with Crippen LogP contribution >= 0.6 is 0 Å². The topological polar surface area (TPSA) is 142 Å². The Labute approximate surface area is 265 Å². The van der Waals surface area contributed by atoms with Gasteiger partial charge in [-0.25, -0.2) is 0 Å². The molecule has 11 heteroatoms. The number of hydrogen-bond donors (Lipinski definition) is 1. The van der Waals surface area contributed by atoms with Crippen molar-refractivity contribution < 1.29 is 52.9 Å². The Hall–Kier alpha value is -2.24. The molecule has 3 atom stereocenters. The number of hydrogen-bond acceptors (Lipinski definition) is 10. The first-order chi connectivity index (χ1) is 20.5. The van der Waals surface area contributed by atoms with Gasteiger partial charge in [0.25, 0.3) is 0 Å². The molecule has 0 aliphatic heterocycles. The van der Waals surface area contributed by atoms with Gasteiger partial charge in [0.2, 0.25) is 0 Å². The van der Waals surface area contributed by atoms with Gasteiger partial charge in [0.1, 0.15) is 13.2 Å². The first kappa shape index (κ1) is 41.8. The summed E-state index contributed by atoms with van der Waals surface area (Å²) in [6.07, 6.45) is 2.16. The molecule has 258 valence electrons. The van der Waals surface area contributed by atoms with Crippen molar-refractivity contribution in [2.45, 2.75) is 107 Å². The van der Waals surface area contributed by atoms with Crippen molar-refractivity contribution in [3.8, 4) is 0 Å². The number of ether oxygens (including phenoxy) is 5. The van der Waals surface area contributed by atoms with E-state index in [1.165, 1.54) is 0 Å². The Bertz CT molecular complexity index is 892. The zero-order valence-corrected chi connectivity index (χ0v) is 29.2. The van der Waals surface area contributed by atoms with E-state index in [0.717, 1.165) is 11.3 Å². The molecule has 0 aromatic carbocycles. The maximum atomic E-state index is 13.9. The van der Waals surface area contributed by atoms with Crippen LogP contribution in [0, 0.1) is 21.7 Å². The Kier molecular flexibility index (Phi) is 19.0. The van der Waals surface area contributed by atoms with Gasteiger partial charge in [-0.15, -0.1) is 0 Å². The highest BCUT2D eigenvalue weighted by Gasteiger charge is 2.52. The van der Waals surface area contributed by atoms with Gasteiger partial charge in [0.15, 0.2) is 6.79 Å². The third-order valence-electron chi connectivity index (χ3n) is 8.19. The van der Waals surface area contributed by atoms with Gasteiger partial charge in [0.05, 0.1) is 50.2 Å². The fraction of sp³-hybridized carbons (Fsp3) is 0.879. The lowest BCUT2D eigenvalue weighted by atomic mass is 9.59. The van der Waals surface area contributed by atoms with Crippen molar-refractivity contribution in [3.63, 3.8) is 0 Å². The fourth-order valence-corrected chi connectivity index (χ4v) is 5.66. The van der Waals surface area contributed by atoms with Crippen molar-refractivity contribution in [1.82, 2.24) is 0 Å². The lowest BCUT2D eigenvalue weighted by molar-refractivity contribution is -0.858. The minimum atomic E-state index is -1.58. The van der Waals surface area contributed by atoms with Gasteiger partial charge < -0.3 is 38.5 Å². The molecule has 3 unspecified atom stereocenters. The molecule has 44 heavy (non-hydrogen) atoms. The van der Waals surface area contributed by atoms with Crippen LogP contribution in [0.5, 0.6) is 0 Å². The van der Waals surface area contributed by atoms with Crippen molar-refractivity contribution in [2.24, 2.45) is 21.7 Å². The monoisotopic (exact) mass is 631 g/mol. The molecule has 0 aliphatic rings. The van der Waals surface area contributed by atoms with Crippen molar-refractivity contribution >= 4 is 23.9 Å². The molecule has 0 bridgehead atoms. The van der Waals surface area contributed by atoms with Crippen LogP contribution in [-0.2, 0) is 42.9 Å². The third-order valence-corrected chi connectivity index (χ3v) is 8.19. The molecule has 0 rings (SSSR count). The number of carboxylic acids is 1. The number of likely N-dealkylation sites (N-methyl/N-ethyl adjacent to an activating group) is 1. The molecule has 0 saturated heterocycles. The second-order valence-corrected chi connectivity index (χ2v) is 13.4. The highest BCUT2D eigenvalue weighted by molar-refractivity contribution is 5.83.